The molecular weight excluding hydrogens is 416 g/mol. The van der Waals surface area contributed by atoms with Crippen LogP contribution < -0.4 is 4.90 Å². The van der Waals surface area contributed by atoms with Gasteiger partial charge in [0.25, 0.3) is 0 Å². The van der Waals surface area contributed by atoms with E-state index in [1.807, 2.05) is 31.3 Å². The molecule has 0 bridgehead atoms. The summed E-state index contributed by atoms with van der Waals surface area (Å²) >= 11 is 3.52. The maximum absolute atomic E-state index is 13.3. The van der Waals surface area contributed by atoms with E-state index in [1.165, 1.54) is 0 Å². The highest BCUT2D eigenvalue weighted by atomic mass is 79.9. The van der Waals surface area contributed by atoms with Crippen LogP contribution >= 0.6 is 15.9 Å². The summed E-state index contributed by atoms with van der Waals surface area (Å²) in [5, 5.41) is 9.98. The molecule has 2 heterocycles. The molecule has 0 aliphatic carbocycles. The average molecular weight is 437 g/mol. The number of fused-ring (bicyclic) bond motifs is 3. The Morgan fingerprint density at radius 2 is 1.92 bits per heavy atom. The van der Waals surface area contributed by atoms with Gasteiger partial charge in [0, 0.05) is 29.7 Å². The van der Waals surface area contributed by atoms with Crippen molar-refractivity contribution in [2.75, 3.05) is 25.1 Å². The van der Waals surface area contributed by atoms with Crippen LogP contribution in [0.3, 0.4) is 0 Å². The Bertz CT molecular complexity index is 920. The number of likely N-dealkylation sites (N-methyl/N-ethyl adjacent to an activating group) is 1. The van der Waals surface area contributed by atoms with Crippen LogP contribution in [-0.2, 0) is 10.0 Å². The minimum Gasteiger partial charge on any atom is -0.394 e. The Morgan fingerprint density at radius 3 is 2.62 bits per heavy atom. The molecule has 3 atom stereocenters. The van der Waals surface area contributed by atoms with Gasteiger partial charge in [-0.15, -0.1) is 0 Å². The van der Waals surface area contributed by atoms with Crippen molar-refractivity contribution in [3.05, 3.63) is 58.6 Å². The van der Waals surface area contributed by atoms with E-state index in [-0.39, 0.29) is 24.6 Å². The van der Waals surface area contributed by atoms with Crippen molar-refractivity contribution in [3.63, 3.8) is 0 Å². The molecule has 1 N–H and O–H groups in total. The zero-order chi connectivity index (χ0) is 18.5. The number of anilines is 1. The minimum absolute atomic E-state index is 0.00634. The molecule has 0 aromatic heterocycles. The Kier molecular flexibility index (Phi) is 4.59. The molecule has 1 fully saturated rings. The summed E-state index contributed by atoms with van der Waals surface area (Å²) < 4.78 is 29.1. The van der Waals surface area contributed by atoms with Crippen molar-refractivity contribution >= 4 is 31.6 Å². The second kappa shape index (κ2) is 6.64. The van der Waals surface area contributed by atoms with Crippen molar-refractivity contribution in [2.24, 2.45) is 5.92 Å². The highest BCUT2D eigenvalue weighted by molar-refractivity contribution is 9.10. The molecule has 2 aromatic rings. The van der Waals surface area contributed by atoms with E-state index in [0.29, 0.717) is 11.4 Å². The number of hydrogen-bond donors (Lipinski definition) is 1. The molecule has 2 aromatic carbocycles. The molecule has 26 heavy (non-hydrogen) atoms. The van der Waals surface area contributed by atoms with E-state index in [4.69, 9.17) is 0 Å². The van der Waals surface area contributed by atoms with Gasteiger partial charge in [-0.05, 0) is 42.3 Å². The summed E-state index contributed by atoms with van der Waals surface area (Å²) in [5.74, 6) is 0.0605. The quantitative estimate of drug-likeness (QED) is 0.802. The van der Waals surface area contributed by atoms with E-state index < -0.39 is 10.0 Å². The van der Waals surface area contributed by atoms with Gasteiger partial charge >= 0.3 is 0 Å². The molecule has 138 valence electrons. The summed E-state index contributed by atoms with van der Waals surface area (Å²) in [5.41, 5.74) is 1.97. The van der Waals surface area contributed by atoms with E-state index in [1.54, 1.807) is 28.6 Å². The second-order valence-electron chi connectivity index (χ2n) is 6.89. The third-order valence-corrected chi connectivity index (χ3v) is 8.00. The monoisotopic (exact) mass is 436 g/mol. The molecule has 2 aliphatic heterocycles. The van der Waals surface area contributed by atoms with Crippen LogP contribution in [0.15, 0.2) is 57.9 Å². The largest absolute Gasteiger partial charge is 0.394 e. The van der Waals surface area contributed by atoms with Gasteiger partial charge in [-0.2, -0.15) is 4.31 Å². The average Bonchev–Trinajstić information content (AvgIpc) is 3.08. The van der Waals surface area contributed by atoms with Gasteiger partial charge in [-0.1, -0.05) is 34.1 Å². The molecule has 4 rings (SSSR count). The zero-order valence-electron chi connectivity index (χ0n) is 14.4. The van der Waals surface area contributed by atoms with Crippen molar-refractivity contribution < 1.29 is 13.5 Å². The molecule has 5 nitrogen and oxygen atoms in total. The maximum Gasteiger partial charge on any atom is 0.243 e. The third-order valence-electron chi connectivity index (χ3n) is 5.62. The number of benzene rings is 2. The van der Waals surface area contributed by atoms with Gasteiger partial charge < -0.3 is 10.0 Å². The number of aliphatic hydroxyl groups is 1. The Hall–Kier alpha value is -1.41. The lowest BCUT2D eigenvalue weighted by molar-refractivity contribution is 0.193. The zero-order valence-corrected chi connectivity index (χ0v) is 16.8. The van der Waals surface area contributed by atoms with Gasteiger partial charge in [-0.3, -0.25) is 0 Å². The Labute approximate surface area is 162 Å². The summed E-state index contributed by atoms with van der Waals surface area (Å²) in [6.45, 7) is 0.468. The number of aliphatic hydroxyl groups excluding tert-OH is 1. The Morgan fingerprint density at radius 1 is 1.19 bits per heavy atom. The first-order valence-corrected chi connectivity index (χ1v) is 10.9. The number of halogens is 1. The summed E-state index contributed by atoms with van der Waals surface area (Å²) in [4.78, 5) is 2.40. The van der Waals surface area contributed by atoms with Gasteiger partial charge in [0.2, 0.25) is 10.0 Å². The fourth-order valence-electron chi connectivity index (χ4n) is 4.38. The number of hydrogen-bond acceptors (Lipinski definition) is 4. The van der Waals surface area contributed by atoms with Crippen molar-refractivity contribution in [1.82, 2.24) is 4.31 Å². The van der Waals surface area contributed by atoms with Crippen molar-refractivity contribution in [1.29, 1.82) is 0 Å². The molecule has 1 saturated heterocycles. The molecule has 0 saturated carbocycles. The fraction of sp³-hybridized carbons (Fsp3) is 0.368. The fourth-order valence-corrected chi connectivity index (χ4v) is 6.45. The molecular formula is C19H21BrN2O3S. The van der Waals surface area contributed by atoms with Crippen LogP contribution in [0.1, 0.15) is 18.0 Å². The van der Waals surface area contributed by atoms with Gasteiger partial charge in [-0.25, -0.2) is 8.42 Å². The smallest absolute Gasteiger partial charge is 0.243 e. The lowest BCUT2D eigenvalue weighted by Gasteiger charge is -2.44. The molecule has 0 radical (unpaired) electrons. The van der Waals surface area contributed by atoms with Crippen LogP contribution in [0.5, 0.6) is 0 Å². The molecule has 0 spiro atoms. The third kappa shape index (κ3) is 2.69. The highest BCUT2D eigenvalue weighted by Gasteiger charge is 2.50. The number of sulfonamides is 1. The maximum atomic E-state index is 13.3. The number of rotatable bonds is 3. The molecule has 7 heteroatoms. The van der Waals surface area contributed by atoms with Crippen molar-refractivity contribution in [3.8, 4) is 0 Å². The predicted molar refractivity (Wildman–Crippen MR) is 105 cm³/mol. The van der Waals surface area contributed by atoms with Crippen LogP contribution in [-0.4, -0.2) is 44.1 Å². The highest BCUT2D eigenvalue weighted by Crippen LogP contribution is 2.50. The topological polar surface area (TPSA) is 60.9 Å². The normalized spacial score (nSPS) is 25.8. The molecule has 2 aliphatic rings. The standard InChI is InChI=1S/C19H21BrN2O3S/c1-21-17-8-7-13(20)11-16(17)19-15(18(21)12-23)9-10-22(19)26(24,25)14-5-3-2-4-6-14/h2-8,11,15,18-19,23H,9-10,12H2,1H3/t15-,18-,19-/m0/s1. The van der Waals surface area contributed by atoms with Crippen LogP contribution in [0.4, 0.5) is 5.69 Å². The van der Waals surface area contributed by atoms with E-state index in [2.05, 4.69) is 20.8 Å². The molecule has 0 unspecified atom stereocenters. The summed E-state index contributed by atoms with van der Waals surface area (Å²) in [6.07, 6.45) is 0.734. The first-order chi connectivity index (χ1) is 12.4. The Balaban J connectivity index is 1.85. The summed E-state index contributed by atoms with van der Waals surface area (Å²) in [6, 6.07) is 14.2. The van der Waals surface area contributed by atoms with Crippen LogP contribution in [0, 0.1) is 5.92 Å². The first kappa shape index (κ1) is 18.0. The second-order valence-corrected chi connectivity index (χ2v) is 9.70. The minimum atomic E-state index is -3.60. The van der Waals surface area contributed by atoms with Crippen LogP contribution in [0.25, 0.3) is 0 Å². The lowest BCUT2D eigenvalue weighted by atomic mass is 9.82. The van der Waals surface area contributed by atoms with E-state index in [0.717, 1.165) is 22.1 Å². The molecule has 0 amide bonds. The van der Waals surface area contributed by atoms with Gasteiger partial charge in [0.05, 0.1) is 23.6 Å². The predicted octanol–water partition coefficient (Wildman–Crippen LogP) is 3.01. The summed E-state index contributed by atoms with van der Waals surface area (Å²) in [7, 11) is -1.63. The SMILES string of the molecule is CN1c2ccc(Br)cc2[C@@H]2[C@@H](CCN2S(=O)(=O)c2ccccc2)[C@@H]1CO. The van der Waals surface area contributed by atoms with Crippen molar-refractivity contribution in [2.45, 2.75) is 23.4 Å². The van der Waals surface area contributed by atoms with Crippen LogP contribution in [0.2, 0.25) is 0 Å². The van der Waals surface area contributed by atoms with Gasteiger partial charge in [0.1, 0.15) is 0 Å². The first-order valence-electron chi connectivity index (χ1n) is 8.65. The van der Waals surface area contributed by atoms with E-state index in [9.17, 15) is 13.5 Å². The van der Waals surface area contributed by atoms with E-state index >= 15 is 0 Å². The number of nitrogens with zero attached hydrogens (tertiary/aromatic N) is 2. The lowest BCUT2D eigenvalue weighted by Crippen LogP contribution is -2.48. The van der Waals surface area contributed by atoms with Gasteiger partial charge in [0.15, 0.2) is 0 Å².